The van der Waals surface area contributed by atoms with Gasteiger partial charge in [-0.25, -0.2) is 0 Å². The molecule has 2 rings (SSSR count). The second-order valence-electron chi connectivity index (χ2n) is 5.76. The highest BCUT2D eigenvalue weighted by molar-refractivity contribution is 5.25. The van der Waals surface area contributed by atoms with Gasteiger partial charge in [0, 0.05) is 39.1 Å². The van der Waals surface area contributed by atoms with E-state index in [9.17, 15) is 0 Å². The van der Waals surface area contributed by atoms with Crippen molar-refractivity contribution in [2.24, 2.45) is 0 Å². The molecule has 0 amide bonds. The van der Waals surface area contributed by atoms with Crippen LogP contribution < -0.4 is 5.32 Å². The van der Waals surface area contributed by atoms with Crippen LogP contribution in [0.5, 0.6) is 0 Å². The Morgan fingerprint density at radius 1 is 1.10 bits per heavy atom. The Morgan fingerprint density at radius 2 is 1.86 bits per heavy atom. The standard InChI is InChI=1S/C18H26N2O/c1-15(2)18-6-4-16(5-7-18)13-20-10-8-17(14-20)12-19-9-11-21-3/h4-8,10,14-15,19H,9,11-13H2,1-3H3. The first-order valence-electron chi connectivity index (χ1n) is 7.62. The smallest absolute Gasteiger partial charge is 0.0587 e. The van der Waals surface area contributed by atoms with Gasteiger partial charge in [0.25, 0.3) is 0 Å². The van der Waals surface area contributed by atoms with Crippen molar-refractivity contribution >= 4 is 0 Å². The summed E-state index contributed by atoms with van der Waals surface area (Å²) in [5, 5.41) is 3.36. The fraction of sp³-hybridized carbons (Fsp3) is 0.444. The van der Waals surface area contributed by atoms with Gasteiger partial charge in [-0.05, 0) is 28.7 Å². The van der Waals surface area contributed by atoms with E-state index in [2.05, 4.69) is 66.5 Å². The third-order valence-electron chi connectivity index (χ3n) is 3.64. The van der Waals surface area contributed by atoms with Crippen molar-refractivity contribution in [3.05, 3.63) is 59.4 Å². The number of rotatable bonds is 8. The first-order chi connectivity index (χ1) is 10.2. The van der Waals surface area contributed by atoms with E-state index < -0.39 is 0 Å². The molecular weight excluding hydrogens is 260 g/mol. The summed E-state index contributed by atoms with van der Waals surface area (Å²) >= 11 is 0. The van der Waals surface area contributed by atoms with Crippen LogP contribution in [-0.2, 0) is 17.8 Å². The van der Waals surface area contributed by atoms with Crippen molar-refractivity contribution < 1.29 is 4.74 Å². The molecule has 114 valence electrons. The molecule has 3 nitrogen and oxygen atoms in total. The average molecular weight is 286 g/mol. The third kappa shape index (κ3) is 5.03. The second-order valence-corrected chi connectivity index (χ2v) is 5.76. The van der Waals surface area contributed by atoms with E-state index in [0.29, 0.717) is 5.92 Å². The van der Waals surface area contributed by atoms with Crippen LogP contribution in [0.2, 0.25) is 0 Å². The van der Waals surface area contributed by atoms with Crippen LogP contribution in [0, 0.1) is 0 Å². The van der Waals surface area contributed by atoms with Gasteiger partial charge in [-0.3, -0.25) is 0 Å². The molecule has 3 heteroatoms. The van der Waals surface area contributed by atoms with E-state index in [1.165, 1.54) is 16.7 Å². The van der Waals surface area contributed by atoms with Crippen LogP contribution in [-0.4, -0.2) is 24.8 Å². The van der Waals surface area contributed by atoms with Crippen LogP contribution in [0.4, 0.5) is 0 Å². The molecule has 0 atom stereocenters. The minimum Gasteiger partial charge on any atom is -0.383 e. The van der Waals surface area contributed by atoms with Gasteiger partial charge >= 0.3 is 0 Å². The first-order valence-corrected chi connectivity index (χ1v) is 7.62. The number of aromatic nitrogens is 1. The van der Waals surface area contributed by atoms with Gasteiger partial charge in [0.1, 0.15) is 0 Å². The van der Waals surface area contributed by atoms with E-state index in [-0.39, 0.29) is 0 Å². The van der Waals surface area contributed by atoms with E-state index in [4.69, 9.17) is 4.74 Å². The van der Waals surface area contributed by atoms with Gasteiger partial charge in [0.05, 0.1) is 6.61 Å². The van der Waals surface area contributed by atoms with Crippen LogP contribution in [0.1, 0.15) is 36.5 Å². The lowest BCUT2D eigenvalue weighted by atomic mass is 10.0. The monoisotopic (exact) mass is 286 g/mol. The number of nitrogens with one attached hydrogen (secondary N) is 1. The molecule has 1 N–H and O–H groups in total. The van der Waals surface area contributed by atoms with E-state index >= 15 is 0 Å². The average Bonchev–Trinajstić information content (AvgIpc) is 2.92. The lowest BCUT2D eigenvalue weighted by molar-refractivity contribution is 0.199. The maximum atomic E-state index is 5.02. The molecule has 0 bridgehead atoms. The van der Waals surface area contributed by atoms with Crippen molar-refractivity contribution in [3.8, 4) is 0 Å². The van der Waals surface area contributed by atoms with E-state index in [0.717, 1.165) is 26.2 Å². The SMILES string of the molecule is COCCNCc1ccn(Cc2ccc(C(C)C)cc2)c1. The highest BCUT2D eigenvalue weighted by Gasteiger charge is 2.01. The van der Waals surface area contributed by atoms with Gasteiger partial charge in [0.15, 0.2) is 0 Å². The Hall–Kier alpha value is -1.58. The fourth-order valence-electron chi connectivity index (χ4n) is 2.32. The molecule has 1 aromatic carbocycles. The van der Waals surface area contributed by atoms with Crippen molar-refractivity contribution in [1.29, 1.82) is 0 Å². The molecule has 1 aromatic heterocycles. The zero-order valence-electron chi connectivity index (χ0n) is 13.3. The fourth-order valence-corrected chi connectivity index (χ4v) is 2.32. The third-order valence-corrected chi connectivity index (χ3v) is 3.64. The Bertz CT molecular complexity index is 528. The number of benzene rings is 1. The minimum absolute atomic E-state index is 0.593. The first kappa shape index (κ1) is 15.8. The lowest BCUT2D eigenvalue weighted by Crippen LogP contribution is -2.18. The van der Waals surface area contributed by atoms with Crippen LogP contribution in [0.3, 0.4) is 0 Å². The molecular formula is C18H26N2O. The number of nitrogens with zero attached hydrogens (tertiary/aromatic N) is 1. The molecule has 0 aliphatic rings. The molecule has 0 spiro atoms. The number of hydrogen-bond donors (Lipinski definition) is 1. The molecule has 0 fully saturated rings. The number of hydrogen-bond acceptors (Lipinski definition) is 2. The maximum Gasteiger partial charge on any atom is 0.0587 e. The highest BCUT2D eigenvalue weighted by atomic mass is 16.5. The largest absolute Gasteiger partial charge is 0.383 e. The Morgan fingerprint density at radius 3 is 2.52 bits per heavy atom. The summed E-state index contributed by atoms with van der Waals surface area (Å²) in [5.41, 5.74) is 4.05. The predicted molar refractivity (Wildman–Crippen MR) is 87.6 cm³/mol. The Labute approximate surface area is 127 Å². The van der Waals surface area contributed by atoms with Gasteiger partial charge in [-0.15, -0.1) is 0 Å². The summed E-state index contributed by atoms with van der Waals surface area (Å²) in [4.78, 5) is 0. The summed E-state index contributed by atoms with van der Waals surface area (Å²) in [5.74, 6) is 0.593. The normalized spacial score (nSPS) is 11.2. The zero-order valence-corrected chi connectivity index (χ0v) is 13.3. The minimum atomic E-state index is 0.593. The van der Waals surface area contributed by atoms with Crippen molar-refractivity contribution in [3.63, 3.8) is 0 Å². The van der Waals surface area contributed by atoms with Crippen LogP contribution in [0.15, 0.2) is 42.7 Å². The Balaban J connectivity index is 1.86. The van der Waals surface area contributed by atoms with Crippen molar-refractivity contribution in [1.82, 2.24) is 9.88 Å². The van der Waals surface area contributed by atoms with Crippen molar-refractivity contribution in [2.75, 3.05) is 20.3 Å². The van der Waals surface area contributed by atoms with Gasteiger partial charge in [0.2, 0.25) is 0 Å². The molecule has 0 aliphatic carbocycles. The Kier molecular flexibility index (Phi) is 6.03. The summed E-state index contributed by atoms with van der Waals surface area (Å²) in [7, 11) is 1.72. The molecule has 21 heavy (non-hydrogen) atoms. The summed E-state index contributed by atoms with van der Waals surface area (Å²) in [6.45, 7) is 7.91. The van der Waals surface area contributed by atoms with E-state index in [1.807, 2.05) is 0 Å². The second kappa shape index (κ2) is 8.01. The highest BCUT2D eigenvalue weighted by Crippen LogP contribution is 2.15. The number of ether oxygens (including phenoxy) is 1. The van der Waals surface area contributed by atoms with Gasteiger partial charge in [-0.1, -0.05) is 38.1 Å². The lowest BCUT2D eigenvalue weighted by Gasteiger charge is -2.08. The number of methoxy groups -OCH3 is 1. The van der Waals surface area contributed by atoms with Crippen LogP contribution in [0.25, 0.3) is 0 Å². The predicted octanol–water partition coefficient (Wildman–Crippen LogP) is 3.40. The van der Waals surface area contributed by atoms with Crippen LogP contribution >= 0.6 is 0 Å². The van der Waals surface area contributed by atoms with E-state index in [1.54, 1.807) is 7.11 Å². The molecule has 0 saturated carbocycles. The summed E-state index contributed by atoms with van der Waals surface area (Å²) < 4.78 is 7.26. The molecule has 2 aromatic rings. The molecule has 1 heterocycles. The summed E-state index contributed by atoms with van der Waals surface area (Å²) in [6, 6.07) is 11.1. The maximum absolute atomic E-state index is 5.02. The molecule has 0 aliphatic heterocycles. The topological polar surface area (TPSA) is 26.2 Å². The van der Waals surface area contributed by atoms with Gasteiger partial charge in [-0.2, -0.15) is 0 Å². The zero-order chi connectivity index (χ0) is 15.1. The van der Waals surface area contributed by atoms with Gasteiger partial charge < -0.3 is 14.6 Å². The molecule has 0 saturated heterocycles. The summed E-state index contributed by atoms with van der Waals surface area (Å²) in [6.07, 6.45) is 4.35. The quantitative estimate of drug-likeness (QED) is 0.753. The molecule has 0 radical (unpaired) electrons. The molecule has 0 unspecified atom stereocenters. The van der Waals surface area contributed by atoms with Crippen molar-refractivity contribution in [2.45, 2.75) is 32.9 Å².